The molecule has 0 aliphatic heterocycles. The van der Waals surface area contributed by atoms with Gasteiger partial charge in [0.05, 0.1) is 16.8 Å². The Morgan fingerprint density at radius 3 is 2.69 bits per heavy atom. The Kier molecular flexibility index (Phi) is 4.50. The average molecular weight is 358 g/mol. The minimum atomic E-state index is -0.0304. The number of nitrogens with zero attached hydrogens (tertiary/aromatic N) is 2. The predicted octanol–water partition coefficient (Wildman–Crippen LogP) is 5.12. The molecule has 1 heterocycles. The van der Waals surface area contributed by atoms with Gasteiger partial charge in [0.2, 0.25) is 5.91 Å². The SMILES string of the molecule is CN(Cc1nc2ccccc2s1)C(=O)/C=C/c1cccc2ccccc12. The molecule has 0 bridgehead atoms. The van der Waals surface area contributed by atoms with Gasteiger partial charge in [0.1, 0.15) is 5.01 Å². The Bertz CT molecular complexity index is 1070. The summed E-state index contributed by atoms with van der Waals surface area (Å²) in [6.45, 7) is 0.512. The minimum absolute atomic E-state index is 0.0304. The summed E-state index contributed by atoms with van der Waals surface area (Å²) in [6, 6.07) is 22.3. The Hall–Kier alpha value is -2.98. The second-order valence-electron chi connectivity index (χ2n) is 6.17. The van der Waals surface area contributed by atoms with Crippen LogP contribution in [0.3, 0.4) is 0 Å². The van der Waals surface area contributed by atoms with Gasteiger partial charge in [0, 0.05) is 13.1 Å². The van der Waals surface area contributed by atoms with Crippen molar-refractivity contribution in [1.82, 2.24) is 9.88 Å². The Balaban J connectivity index is 1.50. The van der Waals surface area contributed by atoms with Crippen LogP contribution in [0.5, 0.6) is 0 Å². The van der Waals surface area contributed by atoms with Crippen LogP contribution in [0.15, 0.2) is 72.8 Å². The summed E-state index contributed by atoms with van der Waals surface area (Å²) >= 11 is 1.63. The molecule has 0 aliphatic rings. The summed E-state index contributed by atoms with van der Waals surface area (Å²) in [4.78, 5) is 18.8. The molecule has 1 aromatic heterocycles. The average Bonchev–Trinajstić information content (AvgIpc) is 3.08. The lowest BCUT2D eigenvalue weighted by atomic mass is 10.0. The molecule has 1 amide bonds. The molecule has 4 aromatic rings. The zero-order chi connectivity index (χ0) is 17.9. The van der Waals surface area contributed by atoms with Crippen LogP contribution in [0.25, 0.3) is 27.1 Å². The van der Waals surface area contributed by atoms with Gasteiger partial charge in [-0.05, 0) is 34.5 Å². The number of aromatic nitrogens is 1. The van der Waals surface area contributed by atoms with E-state index in [0.29, 0.717) is 6.54 Å². The zero-order valence-corrected chi connectivity index (χ0v) is 15.2. The van der Waals surface area contributed by atoms with E-state index in [0.717, 1.165) is 26.2 Å². The lowest BCUT2D eigenvalue weighted by Crippen LogP contribution is -2.23. The zero-order valence-electron chi connectivity index (χ0n) is 14.4. The number of hydrogen-bond donors (Lipinski definition) is 0. The van der Waals surface area contributed by atoms with Crippen LogP contribution in [0.1, 0.15) is 10.6 Å². The first-order valence-corrected chi connectivity index (χ1v) is 9.28. The van der Waals surface area contributed by atoms with Crippen LogP contribution in [-0.4, -0.2) is 22.8 Å². The van der Waals surface area contributed by atoms with E-state index < -0.39 is 0 Å². The minimum Gasteiger partial charge on any atom is -0.335 e. The standard InChI is InChI=1S/C22H18N2OS/c1-24(15-21-23-19-11-4-5-12-20(19)26-21)22(25)14-13-17-9-6-8-16-7-2-3-10-18(16)17/h2-14H,15H2,1H3/b14-13+. The summed E-state index contributed by atoms with van der Waals surface area (Å²) in [5, 5.41) is 3.26. The van der Waals surface area contributed by atoms with Crippen molar-refractivity contribution in [3.63, 3.8) is 0 Å². The molecule has 0 atom stereocenters. The largest absolute Gasteiger partial charge is 0.335 e. The highest BCUT2D eigenvalue weighted by atomic mass is 32.1. The summed E-state index contributed by atoms with van der Waals surface area (Å²) in [6.07, 6.45) is 3.52. The first kappa shape index (κ1) is 16.5. The van der Waals surface area contributed by atoms with Gasteiger partial charge in [0.25, 0.3) is 0 Å². The van der Waals surface area contributed by atoms with Gasteiger partial charge in [-0.1, -0.05) is 54.6 Å². The highest BCUT2D eigenvalue weighted by Crippen LogP contribution is 2.23. The lowest BCUT2D eigenvalue weighted by molar-refractivity contribution is -0.125. The van der Waals surface area contributed by atoms with Crippen molar-refractivity contribution in [1.29, 1.82) is 0 Å². The number of para-hydroxylation sites is 1. The van der Waals surface area contributed by atoms with E-state index in [2.05, 4.69) is 29.2 Å². The fourth-order valence-electron chi connectivity index (χ4n) is 2.95. The van der Waals surface area contributed by atoms with Gasteiger partial charge in [0.15, 0.2) is 0 Å². The van der Waals surface area contributed by atoms with Crippen molar-refractivity contribution < 1.29 is 4.79 Å². The monoisotopic (exact) mass is 358 g/mol. The Labute approximate surface area is 156 Å². The Morgan fingerprint density at radius 1 is 1.04 bits per heavy atom. The third-order valence-corrected chi connectivity index (χ3v) is 5.34. The highest BCUT2D eigenvalue weighted by molar-refractivity contribution is 7.18. The number of rotatable bonds is 4. The molecule has 0 saturated heterocycles. The fourth-order valence-corrected chi connectivity index (χ4v) is 3.97. The van der Waals surface area contributed by atoms with E-state index in [4.69, 9.17) is 0 Å². The first-order chi connectivity index (χ1) is 12.7. The molecule has 3 nitrogen and oxygen atoms in total. The molecule has 3 aromatic carbocycles. The highest BCUT2D eigenvalue weighted by Gasteiger charge is 2.10. The van der Waals surface area contributed by atoms with E-state index in [1.54, 1.807) is 22.3 Å². The molecule has 128 valence electrons. The molecule has 0 unspecified atom stereocenters. The van der Waals surface area contributed by atoms with Gasteiger partial charge in [-0.2, -0.15) is 0 Å². The molecule has 0 saturated carbocycles. The molecule has 4 heteroatoms. The van der Waals surface area contributed by atoms with E-state index >= 15 is 0 Å². The molecule has 26 heavy (non-hydrogen) atoms. The van der Waals surface area contributed by atoms with Crippen LogP contribution in [0, 0.1) is 0 Å². The van der Waals surface area contributed by atoms with E-state index in [1.807, 2.05) is 55.6 Å². The van der Waals surface area contributed by atoms with Gasteiger partial charge in [-0.25, -0.2) is 4.98 Å². The van der Waals surface area contributed by atoms with E-state index in [-0.39, 0.29) is 5.91 Å². The molecular weight excluding hydrogens is 340 g/mol. The second kappa shape index (κ2) is 7.10. The smallest absolute Gasteiger partial charge is 0.246 e. The van der Waals surface area contributed by atoms with Crippen LogP contribution < -0.4 is 0 Å². The third kappa shape index (κ3) is 3.37. The quantitative estimate of drug-likeness (QED) is 0.474. The second-order valence-corrected chi connectivity index (χ2v) is 7.29. The lowest BCUT2D eigenvalue weighted by Gasteiger charge is -2.13. The molecule has 4 rings (SSSR count). The van der Waals surface area contributed by atoms with Crippen molar-refractivity contribution in [2.24, 2.45) is 0 Å². The number of thiazole rings is 1. The number of hydrogen-bond acceptors (Lipinski definition) is 3. The number of benzene rings is 3. The summed E-state index contributed by atoms with van der Waals surface area (Å²) in [5.41, 5.74) is 2.03. The van der Waals surface area contributed by atoms with Gasteiger partial charge < -0.3 is 4.90 Å². The predicted molar refractivity (Wildman–Crippen MR) is 109 cm³/mol. The van der Waals surface area contributed by atoms with Crippen LogP contribution in [0.4, 0.5) is 0 Å². The third-order valence-electron chi connectivity index (χ3n) is 4.32. The van der Waals surface area contributed by atoms with Crippen LogP contribution >= 0.6 is 11.3 Å². The maximum absolute atomic E-state index is 12.5. The number of fused-ring (bicyclic) bond motifs is 2. The number of carbonyl (C=O) groups is 1. The van der Waals surface area contributed by atoms with Gasteiger partial charge in [-0.3, -0.25) is 4.79 Å². The number of carbonyl (C=O) groups excluding carboxylic acids is 1. The van der Waals surface area contributed by atoms with Crippen molar-refractivity contribution in [3.05, 3.63) is 83.4 Å². The molecule has 0 spiro atoms. The molecule has 0 radical (unpaired) electrons. The van der Waals surface area contributed by atoms with Crippen LogP contribution in [0.2, 0.25) is 0 Å². The summed E-state index contributed by atoms with van der Waals surface area (Å²) in [7, 11) is 1.81. The summed E-state index contributed by atoms with van der Waals surface area (Å²) < 4.78 is 1.15. The summed E-state index contributed by atoms with van der Waals surface area (Å²) in [5.74, 6) is -0.0304. The molecule has 0 fully saturated rings. The Morgan fingerprint density at radius 2 is 1.81 bits per heavy atom. The fraction of sp³-hybridized carbons (Fsp3) is 0.0909. The number of likely N-dealkylation sites (N-methyl/N-ethyl adjacent to an activating group) is 1. The van der Waals surface area contributed by atoms with Crippen LogP contribution in [-0.2, 0) is 11.3 Å². The van der Waals surface area contributed by atoms with Crippen molar-refractivity contribution in [3.8, 4) is 0 Å². The topological polar surface area (TPSA) is 33.2 Å². The normalized spacial score (nSPS) is 11.4. The maximum Gasteiger partial charge on any atom is 0.246 e. The molecule has 0 aliphatic carbocycles. The van der Waals surface area contributed by atoms with Crippen molar-refractivity contribution in [2.45, 2.75) is 6.54 Å². The van der Waals surface area contributed by atoms with Crippen molar-refractivity contribution >= 4 is 44.3 Å². The maximum atomic E-state index is 12.5. The van der Waals surface area contributed by atoms with Gasteiger partial charge in [-0.15, -0.1) is 11.3 Å². The van der Waals surface area contributed by atoms with Gasteiger partial charge >= 0.3 is 0 Å². The van der Waals surface area contributed by atoms with E-state index in [9.17, 15) is 4.79 Å². The first-order valence-electron chi connectivity index (χ1n) is 8.46. The number of amides is 1. The van der Waals surface area contributed by atoms with E-state index in [1.165, 1.54) is 5.39 Å². The molecule has 0 N–H and O–H groups in total. The molecular formula is C22H18N2OS. The van der Waals surface area contributed by atoms with Crippen molar-refractivity contribution in [2.75, 3.05) is 7.05 Å².